The molecule has 5 rings (SSSR count). The number of fused-ring (bicyclic) bond motifs is 1. The predicted molar refractivity (Wildman–Crippen MR) is 114 cm³/mol. The van der Waals surface area contributed by atoms with E-state index in [1.165, 1.54) is 5.56 Å². The van der Waals surface area contributed by atoms with Crippen LogP contribution in [0.5, 0.6) is 11.5 Å². The van der Waals surface area contributed by atoms with E-state index in [1.807, 2.05) is 22.9 Å². The summed E-state index contributed by atoms with van der Waals surface area (Å²) in [5, 5.41) is 16.8. The van der Waals surface area contributed by atoms with Crippen molar-refractivity contribution in [2.45, 2.75) is 45.1 Å². The highest BCUT2D eigenvalue weighted by Gasteiger charge is 2.41. The van der Waals surface area contributed by atoms with Gasteiger partial charge in [0.15, 0.2) is 17.3 Å². The summed E-state index contributed by atoms with van der Waals surface area (Å²) >= 11 is 0. The molecule has 0 bridgehead atoms. The summed E-state index contributed by atoms with van der Waals surface area (Å²) in [5.41, 5.74) is 2.90. The number of hydrogen-bond acceptors (Lipinski definition) is 6. The number of para-hydroxylation sites is 1. The van der Waals surface area contributed by atoms with Crippen molar-refractivity contribution in [2.75, 3.05) is 18.5 Å². The predicted octanol–water partition coefficient (Wildman–Crippen LogP) is 4.26. The van der Waals surface area contributed by atoms with Crippen LogP contribution in [0.15, 0.2) is 42.5 Å². The minimum Gasteiger partial charge on any atom is -0.486 e. The van der Waals surface area contributed by atoms with Gasteiger partial charge in [0.2, 0.25) is 0 Å². The van der Waals surface area contributed by atoms with Crippen molar-refractivity contribution in [1.29, 1.82) is 0 Å². The molecule has 1 N–H and O–H groups in total. The van der Waals surface area contributed by atoms with Crippen molar-refractivity contribution >= 4 is 5.69 Å². The molecule has 0 saturated heterocycles. The first-order valence-electron chi connectivity index (χ1n) is 10.7. The van der Waals surface area contributed by atoms with Gasteiger partial charge in [-0.05, 0) is 72.7 Å². The maximum atomic E-state index is 5.78. The van der Waals surface area contributed by atoms with E-state index in [0.29, 0.717) is 19.1 Å². The molecule has 1 aliphatic carbocycles. The molecule has 2 heterocycles. The van der Waals surface area contributed by atoms with Gasteiger partial charge in [0.25, 0.3) is 0 Å². The van der Waals surface area contributed by atoms with Crippen molar-refractivity contribution in [3.05, 3.63) is 53.9 Å². The first-order valence-corrected chi connectivity index (χ1v) is 10.7. The maximum Gasteiger partial charge on any atom is 0.181 e. The van der Waals surface area contributed by atoms with E-state index in [-0.39, 0.29) is 5.54 Å². The summed E-state index contributed by atoms with van der Waals surface area (Å²) in [6.45, 7) is 5.58. The number of hydrogen-bond donors (Lipinski definition) is 1. The average molecular weight is 406 g/mol. The van der Waals surface area contributed by atoms with Crippen LogP contribution in [-0.4, -0.2) is 33.4 Å². The van der Waals surface area contributed by atoms with Gasteiger partial charge in [0, 0.05) is 11.8 Å². The van der Waals surface area contributed by atoms with Crippen LogP contribution in [0.4, 0.5) is 5.69 Å². The van der Waals surface area contributed by atoms with Crippen molar-refractivity contribution < 1.29 is 9.47 Å². The molecule has 156 valence electrons. The Hall–Kier alpha value is -3.09. The smallest absolute Gasteiger partial charge is 0.181 e. The Morgan fingerprint density at radius 3 is 2.60 bits per heavy atom. The zero-order valence-corrected chi connectivity index (χ0v) is 17.5. The fourth-order valence-corrected chi connectivity index (χ4v) is 4.45. The molecule has 0 amide bonds. The number of rotatable bonds is 4. The Labute approximate surface area is 176 Å². The monoisotopic (exact) mass is 405 g/mol. The van der Waals surface area contributed by atoms with Crippen LogP contribution in [0.1, 0.15) is 44.0 Å². The maximum absolute atomic E-state index is 5.78. The van der Waals surface area contributed by atoms with Gasteiger partial charge < -0.3 is 14.8 Å². The Balaban J connectivity index is 1.56. The molecule has 2 aliphatic rings. The summed E-state index contributed by atoms with van der Waals surface area (Å²) < 4.78 is 13.3. The lowest BCUT2D eigenvalue weighted by atomic mass is 9.76. The van der Waals surface area contributed by atoms with Crippen LogP contribution in [0.25, 0.3) is 5.69 Å². The molecule has 7 heteroatoms. The molecular weight excluding hydrogens is 378 g/mol. The lowest BCUT2D eigenvalue weighted by molar-refractivity contribution is 0.171. The first kappa shape index (κ1) is 18.9. The van der Waals surface area contributed by atoms with Crippen LogP contribution >= 0.6 is 0 Å². The number of aryl methyl sites for hydroxylation is 1. The Kier molecular flexibility index (Phi) is 4.81. The molecule has 1 fully saturated rings. The lowest BCUT2D eigenvalue weighted by Gasteiger charge is -2.40. The highest BCUT2D eigenvalue weighted by Crippen LogP contribution is 2.42. The van der Waals surface area contributed by atoms with Crippen LogP contribution in [0.3, 0.4) is 0 Å². The van der Waals surface area contributed by atoms with Crippen LogP contribution < -0.4 is 14.8 Å². The third kappa shape index (κ3) is 3.38. The molecule has 0 unspecified atom stereocenters. The number of ether oxygens (including phenoxy) is 2. The minimum absolute atomic E-state index is 0.324. The summed E-state index contributed by atoms with van der Waals surface area (Å²) in [7, 11) is 0. The Morgan fingerprint density at radius 2 is 1.80 bits per heavy atom. The number of nitrogens with one attached hydrogen (secondary N) is 1. The largest absolute Gasteiger partial charge is 0.486 e. The zero-order valence-electron chi connectivity index (χ0n) is 17.5. The molecule has 1 aromatic heterocycles. The van der Waals surface area contributed by atoms with Gasteiger partial charge in [-0.1, -0.05) is 25.1 Å². The zero-order chi connectivity index (χ0) is 20.6. The van der Waals surface area contributed by atoms with Gasteiger partial charge in [-0.3, -0.25) is 0 Å². The van der Waals surface area contributed by atoms with Gasteiger partial charge >= 0.3 is 0 Å². The molecule has 0 atom stereocenters. The second kappa shape index (κ2) is 7.63. The number of anilines is 1. The molecule has 7 nitrogen and oxygen atoms in total. The first-order chi connectivity index (χ1) is 14.6. The standard InChI is InChI=1S/C23H27N5O2/c1-16-9-11-23(12-10-16,24-19-6-4-3-5-17(19)2)22-25-26-27-28(22)18-7-8-20-21(15-18)30-14-13-29-20/h3-8,15-16,24H,9-14H2,1-2H3. The van der Waals surface area contributed by atoms with E-state index in [2.05, 4.69) is 59.0 Å². The third-order valence-electron chi connectivity index (χ3n) is 6.31. The van der Waals surface area contributed by atoms with Crippen LogP contribution in [0.2, 0.25) is 0 Å². The van der Waals surface area contributed by atoms with Gasteiger partial charge in [-0.15, -0.1) is 5.10 Å². The molecule has 30 heavy (non-hydrogen) atoms. The third-order valence-corrected chi connectivity index (χ3v) is 6.31. The van der Waals surface area contributed by atoms with Crippen molar-refractivity contribution in [1.82, 2.24) is 20.2 Å². The molecule has 0 spiro atoms. The molecule has 1 saturated carbocycles. The SMILES string of the molecule is Cc1ccccc1NC1(c2nnnn2-c2ccc3c(c2)OCCO3)CCC(C)CC1. The van der Waals surface area contributed by atoms with Gasteiger partial charge in [0.05, 0.1) is 11.2 Å². The minimum atomic E-state index is -0.324. The van der Waals surface area contributed by atoms with Gasteiger partial charge in [-0.25, -0.2) is 0 Å². The topological polar surface area (TPSA) is 74.1 Å². The van der Waals surface area contributed by atoms with E-state index in [4.69, 9.17) is 9.47 Å². The second-order valence-electron chi connectivity index (χ2n) is 8.45. The Bertz CT molecular complexity index is 1040. The van der Waals surface area contributed by atoms with Crippen LogP contribution in [-0.2, 0) is 5.54 Å². The molecule has 1 aliphatic heterocycles. The summed E-state index contributed by atoms with van der Waals surface area (Å²) in [5.74, 6) is 3.04. The summed E-state index contributed by atoms with van der Waals surface area (Å²) in [4.78, 5) is 0. The fraction of sp³-hybridized carbons (Fsp3) is 0.435. The second-order valence-corrected chi connectivity index (χ2v) is 8.45. The van der Waals surface area contributed by atoms with E-state index in [0.717, 1.165) is 54.4 Å². The fourth-order valence-electron chi connectivity index (χ4n) is 4.45. The molecular formula is C23H27N5O2. The van der Waals surface area contributed by atoms with E-state index in [1.54, 1.807) is 0 Å². The van der Waals surface area contributed by atoms with Crippen molar-refractivity contribution in [3.63, 3.8) is 0 Å². The molecule has 0 radical (unpaired) electrons. The highest BCUT2D eigenvalue weighted by atomic mass is 16.6. The van der Waals surface area contributed by atoms with Crippen molar-refractivity contribution in [2.24, 2.45) is 5.92 Å². The normalized spacial score (nSPS) is 23.2. The van der Waals surface area contributed by atoms with E-state index in [9.17, 15) is 0 Å². The average Bonchev–Trinajstić information content (AvgIpc) is 3.27. The van der Waals surface area contributed by atoms with Crippen molar-refractivity contribution in [3.8, 4) is 17.2 Å². The number of aromatic nitrogens is 4. The lowest BCUT2D eigenvalue weighted by Crippen LogP contribution is -2.41. The highest BCUT2D eigenvalue weighted by molar-refractivity contribution is 5.54. The van der Waals surface area contributed by atoms with Gasteiger partial charge in [-0.2, -0.15) is 4.68 Å². The number of nitrogens with zero attached hydrogens (tertiary/aromatic N) is 4. The Morgan fingerprint density at radius 1 is 1.03 bits per heavy atom. The van der Waals surface area contributed by atoms with E-state index < -0.39 is 0 Å². The summed E-state index contributed by atoms with van der Waals surface area (Å²) in [6.07, 6.45) is 4.22. The summed E-state index contributed by atoms with van der Waals surface area (Å²) in [6, 6.07) is 14.3. The van der Waals surface area contributed by atoms with E-state index >= 15 is 0 Å². The van der Waals surface area contributed by atoms with Crippen LogP contribution in [0, 0.1) is 12.8 Å². The number of tetrazole rings is 1. The van der Waals surface area contributed by atoms with Gasteiger partial charge in [0.1, 0.15) is 13.2 Å². The molecule has 3 aromatic rings. The number of benzene rings is 2. The quantitative estimate of drug-likeness (QED) is 0.699. The molecule has 2 aromatic carbocycles.